The molecule has 0 aliphatic rings. The van der Waals surface area contributed by atoms with Crippen molar-refractivity contribution < 1.29 is 19.1 Å². The van der Waals surface area contributed by atoms with Crippen LogP contribution in [0.5, 0.6) is 0 Å². The third kappa shape index (κ3) is 7.57. The molecule has 0 saturated carbocycles. The Balaban J connectivity index is 1.78. The lowest BCUT2D eigenvalue weighted by Crippen LogP contribution is -2.35. The molecule has 154 valence electrons. The molecule has 0 aliphatic carbocycles. The van der Waals surface area contributed by atoms with Crippen LogP contribution in [0.3, 0.4) is 0 Å². The molecule has 0 fully saturated rings. The first-order valence-corrected chi connectivity index (χ1v) is 10.1. The standard InChI is InChI=1S/C21H24BrN3O4/c1-2-3-12-23-17-10-6-4-8-15(17)21(28)29-14-20(27)24-13-19(26)25-18-11-7-5-9-16(18)22/h4-11,23H,2-3,12-14H2,1H3,(H,24,27)(H,25,26). The minimum Gasteiger partial charge on any atom is -0.452 e. The number of unbranched alkanes of at least 4 members (excludes halogenated alkanes) is 1. The fourth-order valence-electron chi connectivity index (χ4n) is 2.41. The average molecular weight is 462 g/mol. The average Bonchev–Trinajstić information content (AvgIpc) is 2.72. The third-order valence-corrected chi connectivity index (χ3v) is 4.61. The molecule has 2 rings (SSSR count). The minimum absolute atomic E-state index is 0.229. The molecule has 3 N–H and O–H groups in total. The Kier molecular flexibility index (Phi) is 9.17. The van der Waals surface area contributed by atoms with E-state index in [1.54, 1.807) is 36.4 Å². The van der Waals surface area contributed by atoms with Gasteiger partial charge in [0.2, 0.25) is 5.91 Å². The molecule has 2 aromatic rings. The van der Waals surface area contributed by atoms with Gasteiger partial charge in [0.1, 0.15) is 0 Å². The molecule has 0 spiro atoms. The number of hydrogen-bond acceptors (Lipinski definition) is 5. The van der Waals surface area contributed by atoms with Gasteiger partial charge in [-0.1, -0.05) is 37.6 Å². The van der Waals surface area contributed by atoms with Crippen LogP contribution < -0.4 is 16.0 Å². The van der Waals surface area contributed by atoms with E-state index in [2.05, 4.69) is 38.8 Å². The monoisotopic (exact) mass is 461 g/mol. The Morgan fingerprint density at radius 1 is 0.966 bits per heavy atom. The summed E-state index contributed by atoms with van der Waals surface area (Å²) in [5.74, 6) is -1.54. The Labute approximate surface area is 178 Å². The minimum atomic E-state index is -0.600. The van der Waals surface area contributed by atoms with Crippen LogP contribution in [0, 0.1) is 0 Å². The van der Waals surface area contributed by atoms with Crippen LogP contribution in [-0.2, 0) is 14.3 Å². The third-order valence-electron chi connectivity index (χ3n) is 3.92. The zero-order chi connectivity index (χ0) is 21.1. The van der Waals surface area contributed by atoms with Gasteiger partial charge in [0.25, 0.3) is 5.91 Å². The first-order chi connectivity index (χ1) is 14.0. The summed E-state index contributed by atoms with van der Waals surface area (Å²) >= 11 is 3.33. The van der Waals surface area contributed by atoms with Crippen LogP contribution in [0.4, 0.5) is 11.4 Å². The summed E-state index contributed by atoms with van der Waals surface area (Å²) in [5, 5.41) is 8.29. The van der Waals surface area contributed by atoms with Crippen LogP contribution in [0.25, 0.3) is 0 Å². The molecule has 0 unspecified atom stereocenters. The van der Waals surface area contributed by atoms with Gasteiger partial charge in [0.05, 0.1) is 17.8 Å². The molecule has 2 amide bonds. The van der Waals surface area contributed by atoms with Crippen molar-refractivity contribution in [2.24, 2.45) is 0 Å². The number of carbonyl (C=O) groups is 3. The van der Waals surface area contributed by atoms with Gasteiger partial charge in [-0.25, -0.2) is 4.79 Å². The van der Waals surface area contributed by atoms with Crippen LogP contribution in [-0.4, -0.2) is 37.5 Å². The van der Waals surface area contributed by atoms with Crippen molar-refractivity contribution in [3.8, 4) is 0 Å². The summed E-state index contributed by atoms with van der Waals surface area (Å²) < 4.78 is 5.81. The van der Waals surface area contributed by atoms with E-state index in [1.165, 1.54) is 0 Å². The number of nitrogens with one attached hydrogen (secondary N) is 3. The van der Waals surface area contributed by atoms with E-state index in [1.807, 2.05) is 12.1 Å². The normalized spacial score (nSPS) is 10.1. The van der Waals surface area contributed by atoms with Gasteiger partial charge < -0.3 is 20.7 Å². The fraction of sp³-hybridized carbons (Fsp3) is 0.286. The maximum absolute atomic E-state index is 12.3. The van der Waals surface area contributed by atoms with Gasteiger partial charge in [0.15, 0.2) is 6.61 Å². The first kappa shape index (κ1) is 22.4. The van der Waals surface area contributed by atoms with Gasteiger partial charge >= 0.3 is 5.97 Å². The lowest BCUT2D eigenvalue weighted by Gasteiger charge is -2.12. The van der Waals surface area contributed by atoms with Crippen molar-refractivity contribution in [3.63, 3.8) is 0 Å². The molecule has 0 bridgehead atoms. The van der Waals surface area contributed by atoms with Gasteiger partial charge in [-0.15, -0.1) is 0 Å². The fourth-order valence-corrected chi connectivity index (χ4v) is 2.79. The van der Waals surface area contributed by atoms with Crippen molar-refractivity contribution in [2.45, 2.75) is 19.8 Å². The first-order valence-electron chi connectivity index (χ1n) is 9.32. The molecular weight excluding hydrogens is 438 g/mol. The van der Waals surface area contributed by atoms with Crippen LogP contribution in [0.2, 0.25) is 0 Å². The molecule has 7 nitrogen and oxygen atoms in total. The van der Waals surface area contributed by atoms with Gasteiger partial charge in [-0.3, -0.25) is 9.59 Å². The lowest BCUT2D eigenvalue weighted by molar-refractivity contribution is -0.126. The van der Waals surface area contributed by atoms with E-state index >= 15 is 0 Å². The van der Waals surface area contributed by atoms with Crippen molar-refractivity contribution in [1.82, 2.24) is 5.32 Å². The SMILES string of the molecule is CCCCNc1ccccc1C(=O)OCC(=O)NCC(=O)Nc1ccccc1Br. The summed E-state index contributed by atoms with van der Waals surface area (Å²) in [4.78, 5) is 36.1. The molecule has 0 aromatic heterocycles. The van der Waals surface area contributed by atoms with E-state index in [9.17, 15) is 14.4 Å². The molecule has 0 radical (unpaired) electrons. The molecular formula is C21H24BrN3O4. The number of esters is 1. The predicted octanol–water partition coefficient (Wildman–Crippen LogP) is 3.57. The number of benzene rings is 2. The van der Waals surface area contributed by atoms with Crippen molar-refractivity contribution >= 4 is 45.1 Å². The Morgan fingerprint density at radius 3 is 2.38 bits per heavy atom. The molecule has 0 heterocycles. The van der Waals surface area contributed by atoms with Crippen molar-refractivity contribution in [3.05, 3.63) is 58.6 Å². The molecule has 0 aliphatic heterocycles. The van der Waals surface area contributed by atoms with E-state index in [-0.39, 0.29) is 12.5 Å². The molecule has 2 aromatic carbocycles. The summed E-state index contributed by atoms with van der Waals surface area (Å²) in [6, 6.07) is 14.1. The van der Waals surface area contributed by atoms with Crippen LogP contribution in [0.1, 0.15) is 30.1 Å². The van der Waals surface area contributed by atoms with Gasteiger partial charge in [-0.2, -0.15) is 0 Å². The number of hydrogen-bond donors (Lipinski definition) is 3. The van der Waals surface area contributed by atoms with Crippen LogP contribution >= 0.6 is 15.9 Å². The summed E-state index contributed by atoms with van der Waals surface area (Å²) in [7, 11) is 0. The molecule has 8 heteroatoms. The highest BCUT2D eigenvalue weighted by molar-refractivity contribution is 9.10. The number of para-hydroxylation sites is 2. The Hall–Kier alpha value is -2.87. The predicted molar refractivity (Wildman–Crippen MR) is 116 cm³/mol. The summed E-state index contributed by atoms with van der Waals surface area (Å²) in [6.07, 6.45) is 2.02. The van der Waals surface area contributed by atoms with E-state index < -0.39 is 18.5 Å². The molecule has 29 heavy (non-hydrogen) atoms. The Bertz CT molecular complexity index is 857. The summed E-state index contributed by atoms with van der Waals surface area (Å²) in [5.41, 5.74) is 1.63. The second-order valence-corrected chi connectivity index (χ2v) is 7.06. The second kappa shape index (κ2) is 11.9. The highest BCUT2D eigenvalue weighted by atomic mass is 79.9. The van der Waals surface area contributed by atoms with Crippen molar-refractivity contribution in [2.75, 3.05) is 30.3 Å². The maximum atomic E-state index is 12.3. The topological polar surface area (TPSA) is 96.5 Å². The number of carbonyl (C=O) groups excluding carboxylic acids is 3. The quantitative estimate of drug-likeness (QED) is 0.371. The molecule has 0 atom stereocenters. The van der Waals surface area contributed by atoms with E-state index in [0.717, 1.165) is 23.9 Å². The lowest BCUT2D eigenvalue weighted by atomic mass is 10.1. The molecule has 0 saturated heterocycles. The smallest absolute Gasteiger partial charge is 0.340 e. The number of amides is 2. The van der Waals surface area contributed by atoms with Gasteiger partial charge in [-0.05, 0) is 46.6 Å². The largest absolute Gasteiger partial charge is 0.452 e. The zero-order valence-corrected chi connectivity index (χ0v) is 17.8. The number of ether oxygens (including phenoxy) is 1. The zero-order valence-electron chi connectivity index (χ0n) is 16.2. The second-order valence-electron chi connectivity index (χ2n) is 6.21. The highest BCUT2D eigenvalue weighted by Gasteiger charge is 2.14. The van der Waals surface area contributed by atoms with Crippen molar-refractivity contribution in [1.29, 1.82) is 0 Å². The number of halogens is 1. The number of anilines is 2. The Morgan fingerprint density at radius 2 is 1.66 bits per heavy atom. The van der Waals surface area contributed by atoms with E-state index in [0.29, 0.717) is 16.9 Å². The van der Waals surface area contributed by atoms with Gasteiger partial charge in [0, 0.05) is 16.7 Å². The highest BCUT2D eigenvalue weighted by Crippen LogP contribution is 2.20. The number of rotatable bonds is 10. The van der Waals surface area contributed by atoms with E-state index in [4.69, 9.17) is 4.74 Å². The maximum Gasteiger partial charge on any atom is 0.340 e. The van der Waals surface area contributed by atoms with Crippen LogP contribution in [0.15, 0.2) is 53.0 Å². The summed E-state index contributed by atoms with van der Waals surface area (Å²) in [6.45, 7) is 2.13.